The molecule has 21 heavy (non-hydrogen) atoms. The largest absolute Gasteiger partial charge is 0.507 e. The van der Waals surface area contributed by atoms with Crippen LogP contribution in [0.3, 0.4) is 0 Å². The topological polar surface area (TPSA) is 71.2 Å². The van der Waals surface area contributed by atoms with E-state index in [0.717, 1.165) is 16.8 Å². The number of benzene rings is 2. The van der Waals surface area contributed by atoms with Crippen LogP contribution in [0, 0.1) is 0 Å². The van der Waals surface area contributed by atoms with Crippen molar-refractivity contribution in [1.29, 1.82) is 0 Å². The predicted molar refractivity (Wildman–Crippen MR) is 82.9 cm³/mol. The van der Waals surface area contributed by atoms with Gasteiger partial charge in [0, 0.05) is 17.8 Å². The van der Waals surface area contributed by atoms with E-state index in [0.29, 0.717) is 16.9 Å². The van der Waals surface area contributed by atoms with Crippen molar-refractivity contribution in [3.8, 4) is 17.2 Å². The average molecular weight is 346 g/mol. The Hall–Kier alpha value is -2.34. The fourth-order valence-corrected chi connectivity index (χ4v) is 2.32. The highest BCUT2D eigenvalue weighted by molar-refractivity contribution is 9.10. The first-order valence-electron chi connectivity index (χ1n) is 6.30. The van der Waals surface area contributed by atoms with E-state index in [4.69, 9.17) is 4.42 Å². The molecule has 0 atom stereocenters. The fourth-order valence-electron chi connectivity index (χ4n) is 1.89. The Balaban J connectivity index is 1.66. The molecule has 1 heterocycles. The van der Waals surface area contributed by atoms with Crippen LogP contribution in [-0.2, 0) is 6.54 Å². The summed E-state index contributed by atoms with van der Waals surface area (Å²) in [5.74, 6) is 0.742. The molecule has 0 bridgehead atoms. The number of anilines is 1. The second-order valence-electron chi connectivity index (χ2n) is 4.46. The molecule has 0 saturated heterocycles. The first-order chi connectivity index (χ1) is 10.2. The summed E-state index contributed by atoms with van der Waals surface area (Å²) in [6.45, 7) is 0.665. The monoisotopic (exact) mass is 345 g/mol. The maximum Gasteiger partial charge on any atom is 0.247 e. The van der Waals surface area contributed by atoms with Crippen LogP contribution in [0.25, 0.3) is 11.5 Å². The molecule has 3 aromatic rings. The third-order valence-electron chi connectivity index (χ3n) is 3.00. The van der Waals surface area contributed by atoms with Gasteiger partial charge in [0.05, 0.1) is 4.47 Å². The van der Waals surface area contributed by atoms with Crippen molar-refractivity contribution in [2.75, 3.05) is 5.32 Å². The first-order valence-corrected chi connectivity index (χ1v) is 7.09. The number of nitrogens with zero attached hydrogens (tertiary/aromatic N) is 2. The van der Waals surface area contributed by atoms with Crippen LogP contribution in [0.1, 0.15) is 5.56 Å². The number of phenolic OH excluding ortho intramolecular Hbond substituents is 1. The van der Waals surface area contributed by atoms with Crippen LogP contribution < -0.4 is 5.32 Å². The summed E-state index contributed by atoms with van der Waals surface area (Å²) in [7, 11) is 0. The van der Waals surface area contributed by atoms with Crippen LogP contribution in [0.15, 0.2) is 57.7 Å². The third-order valence-corrected chi connectivity index (χ3v) is 3.64. The minimum Gasteiger partial charge on any atom is -0.507 e. The molecule has 2 N–H and O–H groups in total. The van der Waals surface area contributed by atoms with Crippen LogP contribution in [0.2, 0.25) is 0 Å². The van der Waals surface area contributed by atoms with Crippen molar-refractivity contribution >= 4 is 21.6 Å². The molecule has 3 rings (SSSR count). The average Bonchev–Trinajstić information content (AvgIpc) is 3.03. The van der Waals surface area contributed by atoms with E-state index < -0.39 is 0 Å². The predicted octanol–water partition coefficient (Wildman–Crippen LogP) is 3.82. The lowest BCUT2D eigenvalue weighted by molar-refractivity contribution is 0.471. The van der Waals surface area contributed by atoms with Crippen molar-refractivity contribution in [3.63, 3.8) is 0 Å². The summed E-state index contributed by atoms with van der Waals surface area (Å²) in [5, 5.41) is 20.3. The number of hydrogen-bond donors (Lipinski definition) is 2. The molecule has 1 aromatic heterocycles. The molecule has 0 spiro atoms. The van der Waals surface area contributed by atoms with E-state index in [1.807, 2.05) is 36.4 Å². The second kappa shape index (κ2) is 5.97. The van der Waals surface area contributed by atoms with Gasteiger partial charge in [-0.3, -0.25) is 0 Å². The number of hydrogen-bond acceptors (Lipinski definition) is 5. The summed E-state index contributed by atoms with van der Waals surface area (Å²) in [6.07, 6.45) is 1.31. The van der Waals surface area contributed by atoms with E-state index in [9.17, 15) is 5.11 Å². The van der Waals surface area contributed by atoms with Crippen molar-refractivity contribution in [1.82, 2.24) is 10.2 Å². The zero-order chi connectivity index (χ0) is 14.7. The van der Waals surface area contributed by atoms with Gasteiger partial charge in [0.2, 0.25) is 12.3 Å². The SMILES string of the molecule is Oc1ccc(CNc2ccc(-c3nnco3)cc2)cc1Br. The molecule has 0 radical (unpaired) electrons. The Morgan fingerprint density at radius 2 is 1.95 bits per heavy atom. The highest BCUT2D eigenvalue weighted by Crippen LogP contribution is 2.25. The number of rotatable bonds is 4. The third kappa shape index (κ3) is 3.22. The zero-order valence-electron chi connectivity index (χ0n) is 11.0. The molecule has 106 valence electrons. The fraction of sp³-hybridized carbons (Fsp3) is 0.0667. The van der Waals surface area contributed by atoms with Crippen molar-refractivity contribution in [2.45, 2.75) is 6.54 Å². The van der Waals surface area contributed by atoms with Gasteiger partial charge in [-0.15, -0.1) is 10.2 Å². The van der Waals surface area contributed by atoms with Gasteiger partial charge in [0.25, 0.3) is 0 Å². The summed E-state index contributed by atoms with van der Waals surface area (Å²) in [4.78, 5) is 0. The maximum atomic E-state index is 9.46. The van der Waals surface area contributed by atoms with Gasteiger partial charge in [-0.05, 0) is 57.9 Å². The first kappa shape index (κ1) is 13.6. The van der Waals surface area contributed by atoms with E-state index in [1.54, 1.807) is 6.07 Å². The molecule has 0 amide bonds. The van der Waals surface area contributed by atoms with Crippen LogP contribution in [0.4, 0.5) is 5.69 Å². The molecule has 5 nitrogen and oxygen atoms in total. The molecule has 0 aliphatic heterocycles. The maximum absolute atomic E-state index is 9.46. The second-order valence-corrected chi connectivity index (χ2v) is 5.31. The van der Waals surface area contributed by atoms with Crippen LogP contribution in [-0.4, -0.2) is 15.3 Å². The highest BCUT2D eigenvalue weighted by atomic mass is 79.9. The van der Waals surface area contributed by atoms with Gasteiger partial charge in [-0.1, -0.05) is 6.07 Å². The molecule has 0 fully saturated rings. The number of aromatic nitrogens is 2. The van der Waals surface area contributed by atoms with Gasteiger partial charge in [-0.2, -0.15) is 0 Å². The van der Waals surface area contributed by atoms with Crippen molar-refractivity contribution < 1.29 is 9.52 Å². The van der Waals surface area contributed by atoms with Gasteiger partial charge < -0.3 is 14.8 Å². The van der Waals surface area contributed by atoms with Gasteiger partial charge in [-0.25, -0.2) is 0 Å². The van der Waals surface area contributed by atoms with Crippen molar-refractivity contribution in [2.24, 2.45) is 0 Å². The Morgan fingerprint density at radius 3 is 2.62 bits per heavy atom. The molecule has 2 aromatic carbocycles. The Labute approximate surface area is 129 Å². The van der Waals surface area contributed by atoms with Crippen molar-refractivity contribution in [3.05, 3.63) is 58.9 Å². The Morgan fingerprint density at radius 1 is 1.14 bits per heavy atom. The minimum atomic E-state index is 0.239. The number of phenols is 1. The van der Waals surface area contributed by atoms with Gasteiger partial charge in [0.1, 0.15) is 5.75 Å². The molecular weight excluding hydrogens is 334 g/mol. The Bertz CT molecular complexity index is 727. The zero-order valence-corrected chi connectivity index (χ0v) is 12.5. The summed E-state index contributed by atoms with van der Waals surface area (Å²) >= 11 is 3.30. The standard InChI is InChI=1S/C15H12BrN3O2/c16-13-7-10(1-6-14(13)20)8-17-12-4-2-11(3-5-12)15-19-18-9-21-15/h1-7,9,17,20H,8H2. The molecule has 0 aliphatic carbocycles. The van der Waals surface area contributed by atoms with E-state index >= 15 is 0 Å². The lowest BCUT2D eigenvalue weighted by atomic mass is 10.2. The molecular formula is C15H12BrN3O2. The number of aromatic hydroxyl groups is 1. The van der Waals surface area contributed by atoms with E-state index in [2.05, 4.69) is 31.4 Å². The highest BCUT2D eigenvalue weighted by Gasteiger charge is 2.03. The van der Waals surface area contributed by atoms with E-state index in [-0.39, 0.29) is 5.75 Å². The number of halogens is 1. The Kier molecular flexibility index (Phi) is 3.87. The summed E-state index contributed by atoms with van der Waals surface area (Å²) in [6, 6.07) is 13.2. The summed E-state index contributed by atoms with van der Waals surface area (Å²) < 4.78 is 5.83. The van der Waals surface area contributed by atoms with E-state index in [1.165, 1.54) is 6.39 Å². The molecule has 0 aliphatic rings. The van der Waals surface area contributed by atoms with Gasteiger partial charge in [0.15, 0.2) is 0 Å². The summed E-state index contributed by atoms with van der Waals surface area (Å²) in [5.41, 5.74) is 2.94. The van der Waals surface area contributed by atoms with Gasteiger partial charge >= 0.3 is 0 Å². The number of nitrogens with one attached hydrogen (secondary N) is 1. The van der Waals surface area contributed by atoms with Crippen LogP contribution >= 0.6 is 15.9 Å². The smallest absolute Gasteiger partial charge is 0.247 e. The minimum absolute atomic E-state index is 0.239. The quantitative estimate of drug-likeness (QED) is 0.752. The lowest BCUT2D eigenvalue weighted by Gasteiger charge is -2.08. The lowest BCUT2D eigenvalue weighted by Crippen LogP contribution is -1.99. The molecule has 0 saturated carbocycles. The normalized spacial score (nSPS) is 10.5. The molecule has 0 unspecified atom stereocenters. The van der Waals surface area contributed by atoms with Crippen LogP contribution in [0.5, 0.6) is 5.75 Å². The molecule has 6 heteroatoms.